The van der Waals surface area contributed by atoms with Gasteiger partial charge in [-0.2, -0.15) is 0 Å². The fraction of sp³-hybridized carbons (Fsp3) is 0.571. The lowest BCUT2D eigenvalue weighted by molar-refractivity contribution is 0.370. The molecule has 0 amide bonds. The van der Waals surface area contributed by atoms with Crippen LogP contribution in [0.15, 0.2) is 22.7 Å². The van der Waals surface area contributed by atoms with Crippen molar-refractivity contribution in [2.24, 2.45) is 5.92 Å². The zero-order valence-corrected chi connectivity index (χ0v) is 12.3. The van der Waals surface area contributed by atoms with Crippen molar-refractivity contribution in [1.29, 1.82) is 0 Å². The van der Waals surface area contributed by atoms with Crippen LogP contribution in [-0.2, 0) is 6.42 Å². The summed E-state index contributed by atoms with van der Waals surface area (Å²) in [6, 6.07) is 5.65. The largest absolute Gasteiger partial charge is 0.314 e. The minimum Gasteiger partial charge on any atom is -0.314 e. The Bertz CT molecular complexity index is 354. The number of hydrogen-bond acceptors (Lipinski definition) is 1. The first kappa shape index (κ1) is 14.7. The minimum absolute atomic E-state index is 0.179. The minimum atomic E-state index is -0.179. The van der Waals surface area contributed by atoms with Gasteiger partial charge in [-0.15, -0.1) is 0 Å². The molecule has 1 nitrogen and oxygen atoms in total. The molecule has 0 aliphatic rings. The highest BCUT2D eigenvalue weighted by Gasteiger charge is 2.17. The van der Waals surface area contributed by atoms with E-state index in [4.69, 9.17) is 0 Å². The van der Waals surface area contributed by atoms with Gasteiger partial charge in [0.2, 0.25) is 0 Å². The van der Waals surface area contributed by atoms with Crippen LogP contribution in [0.4, 0.5) is 4.39 Å². The predicted molar refractivity (Wildman–Crippen MR) is 74.7 cm³/mol. The Morgan fingerprint density at radius 1 is 1.35 bits per heavy atom. The van der Waals surface area contributed by atoms with Gasteiger partial charge < -0.3 is 5.32 Å². The molecule has 0 saturated carbocycles. The fourth-order valence-corrected chi connectivity index (χ4v) is 2.39. The van der Waals surface area contributed by atoms with Crippen LogP contribution in [0.1, 0.15) is 32.8 Å². The van der Waals surface area contributed by atoms with Gasteiger partial charge in [-0.05, 0) is 46.4 Å². The van der Waals surface area contributed by atoms with E-state index in [1.54, 1.807) is 6.07 Å². The van der Waals surface area contributed by atoms with Crippen LogP contribution in [0, 0.1) is 11.7 Å². The first-order valence-corrected chi connectivity index (χ1v) is 7.05. The fourth-order valence-electron chi connectivity index (χ4n) is 1.96. The molecule has 1 aromatic carbocycles. The summed E-state index contributed by atoms with van der Waals surface area (Å²) in [7, 11) is 0. The molecular weight excluding hydrogens is 281 g/mol. The lowest BCUT2D eigenvalue weighted by Gasteiger charge is -2.24. The molecule has 0 aliphatic carbocycles. The van der Waals surface area contributed by atoms with E-state index in [2.05, 4.69) is 42.0 Å². The highest BCUT2D eigenvalue weighted by Crippen LogP contribution is 2.23. The summed E-state index contributed by atoms with van der Waals surface area (Å²) >= 11 is 3.33. The molecule has 0 aliphatic heterocycles. The van der Waals surface area contributed by atoms with Crippen molar-refractivity contribution in [2.45, 2.75) is 39.7 Å². The SMILES string of the molecule is CCNC(Cc1cccc(F)c1Br)C(C)CC. The second kappa shape index (κ2) is 7.12. The Hall–Kier alpha value is -0.410. The smallest absolute Gasteiger partial charge is 0.137 e. The lowest BCUT2D eigenvalue weighted by Crippen LogP contribution is -2.36. The molecule has 1 N–H and O–H groups in total. The van der Waals surface area contributed by atoms with Crippen molar-refractivity contribution >= 4 is 15.9 Å². The molecule has 0 saturated heterocycles. The average molecular weight is 302 g/mol. The van der Waals surface area contributed by atoms with Crippen LogP contribution in [0.25, 0.3) is 0 Å². The number of benzene rings is 1. The molecule has 0 radical (unpaired) electrons. The third-order valence-electron chi connectivity index (χ3n) is 3.27. The second-order valence-electron chi connectivity index (χ2n) is 4.47. The molecule has 2 atom stereocenters. The number of hydrogen-bond donors (Lipinski definition) is 1. The summed E-state index contributed by atoms with van der Waals surface area (Å²) in [5, 5.41) is 3.49. The number of nitrogens with one attached hydrogen (secondary N) is 1. The Morgan fingerprint density at radius 3 is 2.65 bits per heavy atom. The lowest BCUT2D eigenvalue weighted by atomic mass is 9.93. The molecule has 0 fully saturated rings. The predicted octanol–water partition coefficient (Wildman–Crippen LogP) is 4.15. The molecule has 1 rings (SSSR count). The summed E-state index contributed by atoms with van der Waals surface area (Å²) in [4.78, 5) is 0. The van der Waals surface area contributed by atoms with Crippen LogP contribution < -0.4 is 5.32 Å². The van der Waals surface area contributed by atoms with E-state index >= 15 is 0 Å². The Morgan fingerprint density at radius 2 is 2.06 bits per heavy atom. The van der Waals surface area contributed by atoms with Crippen molar-refractivity contribution in [2.75, 3.05) is 6.54 Å². The van der Waals surface area contributed by atoms with Gasteiger partial charge in [-0.25, -0.2) is 4.39 Å². The highest BCUT2D eigenvalue weighted by atomic mass is 79.9. The summed E-state index contributed by atoms with van der Waals surface area (Å²) < 4.78 is 14.0. The van der Waals surface area contributed by atoms with Gasteiger partial charge in [0.1, 0.15) is 5.82 Å². The average Bonchev–Trinajstić information content (AvgIpc) is 2.33. The van der Waals surface area contributed by atoms with Crippen molar-refractivity contribution in [1.82, 2.24) is 5.32 Å². The third-order valence-corrected chi connectivity index (χ3v) is 4.16. The van der Waals surface area contributed by atoms with Crippen LogP contribution in [0.2, 0.25) is 0 Å². The number of likely N-dealkylation sites (N-methyl/N-ethyl adjacent to an activating group) is 1. The van der Waals surface area contributed by atoms with E-state index in [1.807, 2.05) is 6.07 Å². The van der Waals surface area contributed by atoms with E-state index < -0.39 is 0 Å². The Kier molecular flexibility index (Phi) is 6.14. The Balaban J connectivity index is 2.82. The van der Waals surface area contributed by atoms with Crippen molar-refractivity contribution in [3.63, 3.8) is 0 Å². The normalized spacial score (nSPS) is 14.6. The maximum atomic E-state index is 13.4. The van der Waals surface area contributed by atoms with Gasteiger partial charge in [0.25, 0.3) is 0 Å². The standard InChI is InChI=1S/C14H21BrFN/c1-4-10(3)13(17-5-2)9-11-7-6-8-12(16)14(11)15/h6-8,10,13,17H,4-5,9H2,1-3H3. The van der Waals surface area contributed by atoms with Gasteiger partial charge in [-0.3, -0.25) is 0 Å². The topological polar surface area (TPSA) is 12.0 Å². The molecule has 96 valence electrons. The van der Waals surface area contributed by atoms with Crippen molar-refractivity contribution in [3.8, 4) is 0 Å². The molecule has 3 heteroatoms. The van der Waals surface area contributed by atoms with Gasteiger partial charge in [0, 0.05) is 6.04 Å². The van der Waals surface area contributed by atoms with Crippen LogP contribution >= 0.6 is 15.9 Å². The van der Waals surface area contributed by atoms with E-state index in [0.717, 1.165) is 24.9 Å². The van der Waals surface area contributed by atoms with E-state index in [-0.39, 0.29) is 5.82 Å². The van der Waals surface area contributed by atoms with E-state index in [9.17, 15) is 4.39 Å². The molecule has 2 unspecified atom stereocenters. The first-order chi connectivity index (χ1) is 8.10. The van der Waals surface area contributed by atoms with Gasteiger partial charge in [-0.1, -0.05) is 39.3 Å². The zero-order chi connectivity index (χ0) is 12.8. The Labute approximate surface area is 112 Å². The first-order valence-electron chi connectivity index (χ1n) is 6.26. The van der Waals surface area contributed by atoms with Crippen molar-refractivity contribution in [3.05, 3.63) is 34.1 Å². The number of halogens is 2. The zero-order valence-electron chi connectivity index (χ0n) is 10.8. The summed E-state index contributed by atoms with van der Waals surface area (Å²) in [6.45, 7) is 7.48. The summed E-state index contributed by atoms with van der Waals surface area (Å²) in [6.07, 6.45) is 1.99. The van der Waals surface area contributed by atoms with Gasteiger partial charge in [0.15, 0.2) is 0 Å². The van der Waals surface area contributed by atoms with E-state index in [0.29, 0.717) is 16.4 Å². The second-order valence-corrected chi connectivity index (χ2v) is 5.26. The van der Waals surface area contributed by atoms with Crippen LogP contribution in [0.3, 0.4) is 0 Å². The maximum Gasteiger partial charge on any atom is 0.137 e. The van der Waals surface area contributed by atoms with Crippen molar-refractivity contribution < 1.29 is 4.39 Å². The molecular formula is C14H21BrFN. The summed E-state index contributed by atoms with van der Waals surface area (Å²) in [5.41, 5.74) is 1.04. The third kappa shape index (κ3) is 4.07. The van der Waals surface area contributed by atoms with E-state index in [1.165, 1.54) is 6.07 Å². The van der Waals surface area contributed by atoms with Gasteiger partial charge in [0.05, 0.1) is 4.47 Å². The quantitative estimate of drug-likeness (QED) is 0.832. The van der Waals surface area contributed by atoms with Gasteiger partial charge >= 0.3 is 0 Å². The van der Waals surface area contributed by atoms with Crippen LogP contribution in [0.5, 0.6) is 0 Å². The monoisotopic (exact) mass is 301 g/mol. The molecule has 0 spiro atoms. The molecule has 1 aromatic rings. The molecule has 17 heavy (non-hydrogen) atoms. The maximum absolute atomic E-state index is 13.4. The molecule has 0 bridgehead atoms. The highest BCUT2D eigenvalue weighted by molar-refractivity contribution is 9.10. The molecule has 0 heterocycles. The van der Waals surface area contributed by atoms with Crippen LogP contribution in [-0.4, -0.2) is 12.6 Å². The summed E-state index contributed by atoms with van der Waals surface area (Å²) in [5.74, 6) is 0.409. The number of rotatable bonds is 6. The molecule has 0 aromatic heterocycles.